The van der Waals surface area contributed by atoms with Gasteiger partial charge in [0.25, 0.3) is 0 Å². The average molecular weight is 309 g/mol. The molecular weight excluding hydrogens is 274 g/mol. The molecule has 5 nitrogen and oxygen atoms in total. The van der Waals surface area contributed by atoms with Crippen molar-refractivity contribution in [3.05, 3.63) is 35.4 Å². The number of aromatic amines is 1. The highest BCUT2D eigenvalue weighted by Gasteiger charge is 2.11. The van der Waals surface area contributed by atoms with Crippen LogP contribution in [0.15, 0.2) is 24.3 Å². The molecule has 0 saturated carbocycles. The number of hydrogen-bond acceptors (Lipinski definition) is 3. The SMILES string of the molecule is [2H]c1c(CS(=O)(=O)N([2H])C([2H])([2H])[2H])c([2H])c2c(CC([2H])([2H])N(C)C([2H])([2H])[2H])c([2H])n([2H])c2c1[2H]. The van der Waals surface area contributed by atoms with Gasteiger partial charge in [-0.3, -0.25) is 0 Å². The van der Waals surface area contributed by atoms with Gasteiger partial charge in [-0.2, -0.15) is 0 Å². The summed E-state index contributed by atoms with van der Waals surface area (Å²) in [5.41, 5.74) is -1.53. The second-order valence-corrected chi connectivity index (χ2v) is 5.63. The molecule has 0 saturated heterocycles. The highest BCUT2D eigenvalue weighted by atomic mass is 32.2. The van der Waals surface area contributed by atoms with E-state index in [9.17, 15) is 8.42 Å². The fourth-order valence-electron chi connectivity index (χ4n) is 1.53. The van der Waals surface area contributed by atoms with E-state index < -0.39 is 88.1 Å². The molecule has 0 atom stereocenters. The van der Waals surface area contributed by atoms with E-state index in [-0.39, 0.29) is 5.56 Å². The van der Waals surface area contributed by atoms with Gasteiger partial charge < -0.3 is 9.88 Å². The van der Waals surface area contributed by atoms with Crippen LogP contribution >= 0.6 is 0 Å². The Balaban J connectivity index is 2.80. The van der Waals surface area contributed by atoms with Gasteiger partial charge in [0.1, 0.15) is 1.41 Å². The predicted octanol–water partition coefficient (Wildman–Crippen LogP) is 1.32. The van der Waals surface area contributed by atoms with Crippen LogP contribution in [0.1, 0.15) is 27.6 Å². The first-order valence-corrected chi connectivity index (χ1v) is 7.04. The summed E-state index contributed by atoms with van der Waals surface area (Å²) in [6.07, 6.45) is -1.54. The fraction of sp³-hybridized carbons (Fsp3) is 0.429. The Kier molecular flexibility index (Phi) is 1.52. The van der Waals surface area contributed by atoms with Crippen LogP contribution in [-0.4, -0.2) is 45.8 Å². The zero-order valence-corrected chi connectivity index (χ0v) is 11.3. The van der Waals surface area contributed by atoms with Crippen LogP contribution in [0, 0.1) is 0 Å². The van der Waals surface area contributed by atoms with E-state index in [0.29, 0.717) is 9.88 Å². The summed E-state index contributed by atoms with van der Waals surface area (Å²) in [5, 5.41) is -0.417. The maximum absolute atomic E-state index is 12.4. The summed E-state index contributed by atoms with van der Waals surface area (Å²) in [6.45, 7) is -8.89. The number of benzene rings is 1. The van der Waals surface area contributed by atoms with Crippen molar-refractivity contribution in [3.63, 3.8) is 0 Å². The maximum atomic E-state index is 12.4. The number of fused-ring (bicyclic) bond motifs is 1. The van der Waals surface area contributed by atoms with Crippen LogP contribution in [0.3, 0.4) is 0 Å². The Hall–Kier alpha value is -1.37. The second-order valence-electron chi connectivity index (χ2n) is 3.99. The van der Waals surface area contributed by atoms with E-state index >= 15 is 0 Å². The summed E-state index contributed by atoms with van der Waals surface area (Å²) in [4.78, 5) is 0.752. The molecule has 1 aromatic carbocycles. The summed E-state index contributed by atoms with van der Waals surface area (Å²) >= 11 is 0. The molecule has 2 aromatic rings. The van der Waals surface area contributed by atoms with Crippen LogP contribution in [0.4, 0.5) is 0 Å². The Morgan fingerprint density at radius 1 is 1.65 bits per heavy atom. The molecule has 0 bridgehead atoms. The van der Waals surface area contributed by atoms with Crippen molar-refractivity contribution in [2.24, 2.45) is 0 Å². The lowest BCUT2D eigenvalue weighted by Crippen LogP contribution is -2.20. The van der Waals surface area contributed by atoms with E-state index in [4.69, 9.17) is 19.3 Å². The summed E-state index contributed by atoms with van der Waals surface area (Å²) in [7, 11) is -3.96. The lowest BCUT2D eigenvalue weighted by molar-refractivity contribution is 0.414. The number of aryl methyl sites for hydroxylation is 1. The number of hydrogen-bond donors (Lipinski definition) is 2. The largest absolute Gasteiger partial charge is 0.361 e. The van der Waals surface area contributed by atoms with Crippen molar-refractivity contribution >= 4 is 20.9 Å². The molecule has 0 radical (unpaired) electrons. The Bertz CT molecular complexity index is 1220. The molecule has 6 heteroatoms. The minimum Gasteiger partial charge on any atom is -0.361 e. The van der Waals surface area contributed by atoms with E-state index in [1.165, 1.54) is 0 Å². The third-order valence-electron chi connectivity index (χ3n) is 2.41. The van der Waals surface area contributed by atoms with Gasteiger partial charge in [-0.05, 0) is 50.6 Å². The standard InChI is InChI=1S/C14H21N3O2S/c1-15-20(18,19)10-11-4-5-14-13(8-11)12(9-16-14)6-7-17(2)3/h4-5,8-9,15-16H,6-7,10H2,1-3H3/i1D3,2D3,4D,5D,7D2,8D,9D/hD2. The monoisotopic (exact) mass is 309 g/mol. The summed E-state index contributed by atoms with van der Waals surface area (Å²) < 4.78 is 132. The first-order valence-electron chi connectivity index (χ1n) is 12.3. The normalized spacial score (nSPS) is 24.8. The highest BCUT2D eigenvalue weighted by Crippen LogP contribution is 2.21. The van der Waals surface area contributed by atoms with Crippen molar-refractivity contribution in [2.45, 2.75) is 12.2 Å². The number of aromatic nitrogens is 1. The number of sulfonamides is 1. The molecule has 0 aliphatic carbocycles. The molecule has 0 spiro atoms. The van der Waals surface area contributed by atoms with Gasteiger partial charge in [0.15, 0.2) is 1.41 Å². The smallest absolute Gasteiger partial charge is 0.215 e. The van der Waals surface area contributed by atoms with E-state index in [2.05, 4.69) is 0 Å². The van der Waals surface area contributed by atoms with Crippen LogP contribution in [0.2, 0.25) is 2.82 Å². The minimum atomic E-state index is -4.93. The molecule has 110 valence electrons. The second kappa shape index (κ2) is 5.95. The molecule has 0 amide bonds. The quantitative estimate of drug-likeness (QED) is 0.846. The lowest BCUT2D eigenvalue weighted by atomic mass is 10.1. The molecule has 20 heavy (non-hydrogen) atoms. The number of rotatable bonds is 6. The van der Waals surface area contributed by atoms with Gasteiger partial charge in [0.05, 0.1) is 11.2 Å². The zero-order valence-electron chi connectivity index (χ0n) is 24.5. The Morgan fingerprint density at radius 3 is 3.25 bits per heavy atom. The van der Waals surface area contributed by atoms with E-state index in [0.717, 1.165) is 7.05 Å². The van der Waals surface area contributed by atoms with Gasteiger partial charge >= 0.3 is 0 Å². The van der Waals surface area contributed by atoms with E-state index in [1.807, 2.05) is 0 Å². The van der Waals surface area contributed by atoms with Crippen molar-refractivity contribution in [1.29, 1.82) is 0 Å². The van der Waals surface area contributed by atoms with Gasteiger partial charge in [-0.15, -0.1) is 0 Å². The number of nitrogens with zero attached hydrogens (tertiary/aromatic N) is 1. The van der Waals surface area contributed by atoms with Gasteiger partial charge in [0.2, 0.25) is 10.0 Å². The minimum absolute atomic E-state index is 0.353. The zero-order chi connectivity index (χ0) is 26.8. The first kappa shape index (κ1) is 5.12. The number of H-pyrrole nitrogens is 1. The fourth-order valence-corrected chi connectivity index (χ4v) is 2.11. The van der Waals surface area contributed by atoms with Crippen molar-refractivity contribution in [3.8, 4) is 0 Å². The topological polar surface area (TPSA) is 65.2 Å². The Morgan fingerprint density at radius 2 is 2.50 bits per heavy atom. The maximum Gasteiger partial charge on any atom is 0.215 e. The van der Waals surface area contributed by atoms with Crippen LogP contribution in [0.5, 0.6) is 0 Å². The van der Waals surface area contributed by atoms with Crippen molar-refractivity contribution in [2.75, 3.05) is 27.5 Å². The molecule has 0 aliphatic heterocycles. The highest BCUT2D eigenvalue weighted by molar-refractivity contribution is 7.88. The number of likely N-dealkylation sites (N-methyl/N-ethyl adjacent to an activating group) is 1. The van der Waals surface area contributed by atoms with Gasteiger partial charge in [-0.1, -0.05) is 6.04 Å². The van der Waals surface area contributed by atoms with Gasteiger partial charge in [0, 0.05) is 34.5 Å². The molecule has 1 heterocycles. The average Bonchev–Trinajstić information content (AvgIpc) is 2.91. The molecule has 1 aromatic heterocycles. The molecule has 0 fully saturated rings. The molecule has 0 aliphatic rings. The molecule has 2 N–H and O–H groups in total. The predicted molar refractivity (Wildman–Crippen MR) is 82.2 cm³/mol. The molecular formula is C14H21N3O2S. The van der Waals surface area contributed by atoms with E-state index in [1.54, 1.807) is 0 Å². The summed E-state index contributed by atoms with van der Waals surface area (Å²) in [6, 6.07) is -2.40. The third-order valence-corrected chi connectivity index (χ3v) is 3.34. The lowest BCUT2D eigenvalue weighted by Gasteiger charge is -2.08. The first-order chi connectivity index (χ1) is 15.1. The van der Waals surface area contributed by atoms with Gasteiger partial charge in [-0.25, -0.2) is 13.1 Å². The van der Waals surface area contributed by atoms with Crippen LogP contribution < -0.4 is 4.72 Å². The van der Waals surface area contributed by atoms with Crippen LogP contribution in [-0.2, 0) is 22.2 Å². The molecule has 0 unspecified atom stereocenters. The third kappa shape index (κ3) is 3.59. The summed E-state index contributed by atoms with van der Waals surface area (Å²) in [5.74, 6) is -1.33. The number of nitrogens with one attached hydrogen (secondary N) is 2. The van der Waals surface area contributed by atoms with Crippen molar-refractivity contribution in [1.82, 2.24) is 14.6 Å². The Labute approximate surface area is 139 Å². The molecule has 2 rings (SSSR count). The van der Waals surface area contributed by atoms with Crippen LogP contribution in [0.25, 0.3) is 10.9 Å². The van der Waals surface area contributed by atoms with Crippen molar-refractivity contribution < 1.29 is 27.7 Å².